The predicted molar refractivity (Wildman–Crippen MR) is 69.0 cm³/mol. The molecule has 0 unspecified atom stereocenters. The van der Waals surface area contributed by atoms with Gasteiger partial charge in [-0.2, -0.15) is 5.10 Å². The number of benzene rings is 1. The zero-order valence-electron chi connectivity index (χ0n) is 10.1. The molecule has 3 rings (SSSR count). The van der Waals surface area contributed by atoms with Crippen molar-refractivity contribution in [2.75, 3.05) is 0 Å². The Kier molecular flexibility index (Phi) is 2.84. The van der Waals surface area contributed by atoms with E-state index in [1.807, 2.05) is 24.4 Å². The van der Waals surface area contributed by atoms with Gasteiger partial charge in [-0.05, 0) is 24.0 Å². The molecular formula is C14H15N3O. The zero-order chi connectivity index (χ0) is 12.4. The van der Waals surface area contributed by atoms with Crippen molar-refractivity contribution in [3.05, 3.63) is 53.3 Å². The minimum absolute atomic E-state index is 0.723. The van der Waals surface area contributed by atoms with Gasteiger partial charge in [-0.1, -0.05) is 35.5 Å². The van der Waals surface area contributed by atoms with Crippen molar-refractivity contribution >= 4 is 5.71 Å². The number of rotatable bonds is 2. The van der Waals surface area contributed by atoms with Crippen LogP contribution in [0.2, 0.25) is 0 Å². The Morgan fingerprint density at radius 1 is 1.22 bits per heavy atom. The first-order chi connectivity index (χ1) is 8.86. The van der Waals surface area contributed by atoms with E-state index < -0.39 is 0 Å². The molecule has 1 aromatic heterocycles. The van der Waals surface area contributed by atoms with E-state index in [4.69, 9.17) is 5.21 Å². The molecule has 18 heavy (non-hydrogen) atoms. The summed E-state index contributed by atoms with van der Waals surface area (Å²) in [6.45, 7) is 0.807. The predicted octanol–water partition coefficient (Wildman–Crippen LogP) is 2.25. The van der Waals surface area contributed by atoms with E-state index in [0.717, 1.165) is 31.5 Å². The topological polar surface area (TPSA) is 50.4 Å². The second-order valence-electron chi connectivity index (χ2n) is 4.60. The lowest BCUT2D eigenvalue weighted by Crippen LogP contribution is -2.16. The molecule has 2 aromatic rings. The summed E-state index contributed by atoms with van der Waals surface area (Å²) < 4.78 is 2.05. The highest BCUT2D eigenvalue weighted by atomic mass is 16.4. The number of fused-ring (bicyclic) bond motifs is 1. The van der Waals surface area contributed by atoms with Gasteiger partial charge in [0.15, 0.2) is 0 Å². The lowest BCUT2D eigenvalue weighted by molar-refractivity contribution is 0.316. The Hall–Kier alpha value is -2.10. The van der Waals surface area contributed by atoms with Gasteiger partial charge in [0.2, 0.25) is 0 Å². The maximum atomic E-state index is 8.82. The van der Waals surface area contributed by atoms with Gasteiger partial charge < -0.3 is 5.21 Å². The summed E-state index contributed by atoms with van der Waals surface area (Å²) in [6.07, 6.45) is 4.34. The first-order valence-electron chi connectivity index (χ1n) is 6.14. The Bertz CT molecular complexity index is 572. The average Bonchev–Trinajstić information content (AvgIpc) is 2.82. The van der Waals surface area contributed by atoms with Crippen molar-refractivity contribution in [3.63, 3.8) is 0 Å². The van der Waals surface area contributed by atoms with Crippen LogP contribution in [0.3, 0.4) is 0 Å². The molecule has 1 aliphatic carbocycles. The normalized spacial score (nSPS) is 16.8. The third-order valence-electron chi connectivity index (χ3n) is 3.40. The van der Waals surface area contributed by atoms with Crippen molar-refractivity contribution in [1.82, 2.24) is 9.78 Å². The molecule has 1 heterocycles. The minimum Gasteiger partial charge on any atom is -0.411 e. The van der Waals surface area contributed by atoms with Crippen LogP contribution in [0, 0.1) is 0 Å². The van der Waals surface area contributed by atoms with Crippen molar-refractivity contribution in [3.8, 4) is 0 Å². The molecule has 0 spiro atoms. The largest absolute Gasteiger partial charge is 0.411 e. The van der Waals surface area contributed by atoms with E-state index in [1.165, 1.54) is 16.8 Å². The molecule has 1 aromatic carbocycles. The second kappa shape index (κ2) is 4.64. The summed E-state index contributed by atoms with van der Waals surface area (Å²) in [5.41, 5.74) is 4.56. The molecule has 0 saturated heterocycles. The van der Waals surface area contributed by atoms with Crippen LogP contribution in [0.15, 0.2) is 41.7 Å². The van der Waals surface area contributed by atoms with E-state index >= 15 is 0 Å². The van der Waals surface area contributed by atoms with Gasteiger partial charge in [-0.25, -0.2) is 0 Å². The van der Waals surface area contributed by atoms with Crippen molar-refractivity contribution < 1.29 is 5.21 Å². The maximum Gasteiger partial charge on any atom is 0.0662 e. The minimum atomic E-state index is 0.723. The second-order valence-corrected chi connectivity index (χ2v) is 4.60. The summed E-state index contributed by atoms with van der Waals surface area (Å²) in [5.74, 6) is 0. The molecule has 0 bridgehead atoms. The number of oxime groups is 1. The Morgan fingerprint density at radius 2 is 2.06 bits per heavy atom. The van der Waals surface area contributed by atoms with Gasteiger partial charge in [-0.3, -0.25) is 4.68 Å². The highest BCUT2D eigenvalue weighted by molar-refractivity contribution is 5.87. The van der Waals surface area contributed by atoms with Crippen molar-refractivity contribution in [1.29, 1.82) is 0 Å². The lowest BCUT2D eigenvalue weighted by Gasteiger charge is -2.15. The fraction of sp³-hybridized carbons (Fsp3) is 0.286. The molecule has 0 fully saturated rings. The van der Waals surface area contributed by atoms with Crippen LogP contribution in [0.5, 0.6) is 0 Å². The van der Waals surface area contributed by atoms with E-state index in [-0.39, 0.29) is 0 Å². The SMILES string of the molecule is O/N=C1/CCc2c(cnn2Cc2ccccc2)C1. The molecule has 0 atom stereocenters. The van der Waals surface area contributed by atoms with Crippen molar-refractivity contribution in [2.24, 2.45) is 5.16 Å². The van der Waals surface area contributed by atoms with E-state index in [1.54, 1.807) is 0 Å². The molecule has 1 N–H and O–H groups in total. The molecule has 1 aliphatic rings. The Labute approximate surface area is 106 Å². The summed E-state index contributed by atoms with van der Waals surface area (Å²) >= 11 is 0. The first-order valence-corrected chi connectivity index (χ1v) is 6.14. The van der Waals surface area contributed by atoms with Crippen LogP contribution >= 0.6 is 0 Å². The Balaban J connectivity index is 1.86. The molecule has 0 saturated carbocycles. The molecule has 4 nitrogen and oxygen atoms in total. The monoisotopic (exact) mass is 241 g/mol. The number of hydrogen-bond donors (Lipinski definition) is 1. The fourth-order valence-corrected chi connectivity index (χ4v) is 2.44. The average molecular weight is 241 g/mol. The van der Waals surface area contributed by atoms with Gasteiger partial charge in [0.05, 0.1) is 18.5 Å². The third kappa shape index (κ3) is 2.01. The third-order valence-corrected chi connectivity index (χ3v) is 3.40. The van der Waals surface area contributed by atoms with E-state index in [9.17, 15) is 0 Å². The highest BCUT2D eigenvalue weighted by Gasteiger charge is 2.19. The summed E-state index contributed by atoms with van der Waals surface area (Å²) in [4.78, 5) is 0. The number of aromatic nitrogens is 2. The zero-order valence-corrected chi connectivity index (χ0v) is 10.1. The van der Waals surface area contributed by atoms with Crippen LogP contribution in [0.4, 0.5) is 0 Å². The van der Waals surface area contributed by atoms with Gasteiger partial charge >= 0.3 is 0 Å². The van der Waals surface area contributed by atoms with Gasteiger partial charge in [0.25, 0.3) is 0 Å². The molecule has 92 valence electrons. The number of hydrogen-bond acceptors (Lipinski definition) is 3. The first kappa shape index (κ1) is 11.0. The summed E-state index contributed by atoms with van der Waals surface area (Å²) in [7, 11) is 0. The molecule has 4 heteroatoms. The van der Waals surface area contributed by atoms with E-state index in [2.05, 4.69) is 27.1 Å². The van der Waals surface area contributed by atoms with Gasteiger partial charge in [0, 0.05) is 12.1 Å². The van der Waals surface area contributed by atoms with Crippen LogP contribution in [0.1, 0.15) is 23.2 Å². The molecular weight excluding hydrogens is 226 g/mol. The van der Waals surface area contributed by atoms with E-state index in [0.29, 0.717) is 0 Å². The quantitative estimate of drug-likeness (QED) is 0.647. The maximum absolute atomic E-state index is 8.82. The Morgan fingerprint density at radius 3 is 2.83 bits per heavy atom. The fourth-order valence-electron chi connectivity index (χ4n) is 2.44. The number of nitrogens with zero attached hydrogens (tertiary/aromatic N) is 3. The van der Waals surface area contributed by atoms with Crippen LogP contribution < -0.4 is 0 Å². The van der Waals surface area contributed by atoms with Crippen LogP contribution in [-0.4, -0.2) is 20.7 Å². The van der Waals surface area contributed by atoms with Crippen LogP contribution in [0.25, 0.3) is 0 Å². The van der Waals surface area contributed by atoms with Gasteiger partial charge in [-0.15, -0.1) is 0 Å². The van der Waals surface area contributed by atoms with Crippen LogP contribution in [-0.2, 0) is 19.4 Å². The van der Waals surface area contributed by atoms with Gasteiger partial charge in [0.1, 0.15) is 0 Å². The molecule has 0 amide bonds. The molecule has 0 radical (unpaired) electrons. The molecule has 0 aliphatic heterocycles. The van der Waals surface area contributed by atoms with Crippen molar-refractivity contribution in [2.45, 2.75) is 25.8 Å². The highest BCUT2D eigenvalue weighted by Crippen LogP contribution is 2.20. The summed E-state index contributed by atoms with van der Waals surface area (Å²) in [5, 5.41) is 16.6. The standard InChI is InChI=1S/C14H15N3O/c18-16-13-6-7-14-12(8-13)9-15-17(14)10-11-4-2-1-3-5-11/h1-5,9,18H,6-8,10H2/b16-13-. The smallest absolute Gasteiger partial charge is 0.0662 e. The summed E-state index contributed by atoms with van der Waals surface area (Å²) in [6, 6.07) is 10.3. The lowest BCUT2D eigenvalue weighted by atomic mass is 9.96.